The van der Waals surface area contributed by atoms with E-state index in [1.165, 1.54) is 18.5 Å². The summed E-state index contributed by atoms with van der Waals surface area (Å²) in [6.45, 7) is 0.958. The first-order valence-corrected chi connectivity index (χ1v) is 6.47. The zero-order chi connectivity index (χ0) is 15.2. The van der Waals surface area contributed by atoms with Crippen LogP contribution in [0, 0.1) is 0 Å². The number of pyridine rings is 1. The third-order valence-electron chi connectivity index (χ3n) is 3.12. The normalized spacial score (nSPS) is 18.9. The molecule has 0 saturated carbocycles. The van der Waals surface area contributed by atoms with Crippen LogP contribution in [-0.4, -0.2) is 64.4 Å². The average molecular weight is 292 g/mol. The number of morpholine rings is 1. The molecule has 7 nitrogen and oxygen atoms in total. The lowest BCUT2D eigenvalue weighted by Crippen LogP contribution is -2.50. The van der Waals surface area contributed by atoms with Crippen LogP contribution in [-0.2, 0) is 9.53 Å². The third-order valence-corrected chi connectivity index (χ3v) is 3.12. The van der Waals surface area contributed by atoms with Gasteiger partial charge >= 0.3 is 5.97 Å². The lowest BCUT2D eigenvalue weighted by atomic mass is 10.1. The molecule has 7 heteroatoms. The summed E-state index contributed by atoms with van der Waals surface area (Å²) in [7, 11) is 0. The van der Waals surface area contributed by atoms with Gasteiger partial charge in [0.2, 0.25) is 0 Å². The molecule has 1 unspecified atom stereocenters. The molecule has 21 heavy (non-hydrogen) atoms. The van der Waals surface area contributed by atoms with E-state index in [1.807, 2.05) is 0 Å². The predicted octanol–water partition coefficient (Wildman–Crippen LogP) is 0.0127. The molecule has 0 radical (unpaired) electrons. The van der Waals surface area contributed by atoms with Crippen LogP contribution in [0.1, 0.15) is 15.9 Å². The molecule has 0 bridgehead atoms. The van der Waals surface area contributed by atoms with Gasteiger partial charge in [-0.2, -0.15) is 0 Å². The molecule has 0 spiro atoms. The summed E-state index contributed by atoms with van der Waals surface area (Å²) in [6.07, 6.45) is 5.24. The maximum atomic E-state index is 12.4. The van der Waals surface area contributed by atoms with Gasteiger partial charge in [-0.1, -0.05) is 0 Å². The van der Waals surface area contributed by atoms with Gasteiger partial charge in [0.25, 0.3) is 5.91 Å². The molecule has 112 valence electrons. The van der Waals surface area contributed by atoms with Crippen LogP contribution in [0.3, 0.4) is 0 Å². The van der Waals surface area contributed by atoms with E-state index in [2.05, 4.69) is 4.98 Å². The van der Waals surface area contributed by atoms with Crippen molar-refractivity contribution in [2.45, 2.75) is 6.04 Å². The Hall–Kier alpha value is -2.25. The molecule has 1 aliphatic heterocycles. The number of nitrogens with zero attached hydrogens (tertiary/aromatic N) is 2. The molecule has 0 aliphatic carbocycles. The van der Waals surface area contributed by atoms with E-state index in [1.54, 1.807) is 11.0 Å². The van der Waals surface area contributed by atoms with Gasteiger partial charge in [-0.3, -0.25) is 9.78 Å². The van der Waals surface area contributed by atoms with Crippen molar-refractivity contribution in [3.05, 3.63) is 35.7 Å². The van der Waals surface area contributed by atoms with Gasteiger partial charge in [0, 0.05) is 25.0 Å². The topological polar surface area (TPSA) is 100.0 Å². The summed E-state index contributed by atoms with van der Waals surface area (Å²) < 4.78 is 5.23. The standard InChI is InChI=1S/C14H16N2O5/c17-8-12-9-21-4-3-16(12)14(20)11-5-10(6-15-7-11)1-2-13(18)19/h1-2,5-7,12,17H,3-4,8-9H2,(H,18,19)/b2-1+. The van der Waals surface area contributed by atoms with E-state index in [4.69, 9.17) is 9.84 Å². The molecular weight excluding hydrogens is 276 g/mol. The molecule has 1 saturated heterocycles. The highest BCUT2D eigenvalue weighted by atomic mass is 16.5. The van der Waals surface area contributed by atoms with Gasteiger partial charge in [0.05, 0.1) is 31.4 Å². The van der Waals surface area contributed by atoms with E-state index in [-0.39, 0.29) is 18.6 Å². The molecule has 1 atom stereocenters. The maximum Gasteiger partial charge on any atom is 0.328 e. The summed E-state index contributed by atoms with van der Waals surface area (Å²) in [4.78, 5) is 28.4. The Bertz CT molecular complexity index is 558. The highest BCUT2D eigenvalue weighted by Crippen LogP contribution is 2.13. The van der Waals surface area contributed by atoms with Crippen LogP contribution in [0.15, 0.2) is 24.5 Å². The minimum atomic E-state index is -1.07. The number of hydrogen-bond donors (Lipinski definition) is 2. The van der Waals surface area contributed by atoms with Crippen LogP contribution >= 0.6 is 0 Å². The fourth-order valence-corrected chi connectivity index (χ4v) is 2.07. The molecule has 2 rings (SSSR count). The van der Waals surface area contributed by atoms with E-state index < -0.39 is 5.97 Å². The number of aliphatic carboxylic acids is 1. The Labute approximate surface area is 121 Å². The van der Waals surface area contributed by atoms with Gasteiger partial charge in [-0.05, 0) is 17.7 Å². The second-order valence-corrected chi connectivity index (χ2v) is 4.59. The minimum Gasteiger partial charge on any atom is -0.478 e. The summed E-state index contributed by atoms with van der Waals surface area (Å²) in [5.74, 6) is -1.32. The summed E-state index contributed by atoms with van der Waals surface area (Å²) >= 11 is 0. The quantitative estimate of drug-likeness (QED) is 0.758. The first kappa shape index (κ1) is 15.1. The Morgan fingerprint density at radius 2 is 2.29 bits per heavy atom. The van der Waals surface area contributed by atoms with Crippen molar-refractivity contribution < 1.29 is 24.5 Å². The van der Waals surface area contributed by atoms with Gasteiger partial charge < -0.3 is 19.8 Å². The van der Waals surface area contributed by atoms with E-state index >= 15 is 0 Å². The molecule has 1 aromatic rings. The largest absolute Gasteiger partial charge is 0.478 e. The Kier molecular flexibility index (Phi) is 5.02. The van der Waals surface area contributed by atoms with Gasteiger partial charge in [-0.15, -0.1) is 0 Å². The fraction of sp³-hybridized carbons (Fsp3) is 0.357. The Balaban J connectivity index is 2.18. The lowest BCUT2D eigenvalue weighted by molar-refractivity contribution is -0.131. The first-order chi connectivity index (χ1) is 10.1. The molecule has 1 fully saturated rings. The number of hydrogen-bond acceptors (Lipinski definition) is 5. The predicted molar refractivity (Wildman–Crippen MR) is 73.6 cm³/mol. The molecule has 2 heterocycles. The van der Waals surface area contributed by atoms with Gasteiger partial charge in [0.1, 0.15) is 0 Å². The van der Waals surface area contributed by atoms with Gasteiger partial charge in [0.15, 0.2) is 0 Å². The van der Waals surface area contributed by atoms with Crippen molar-refractivity contribution >= 4 is 18.0 Å². The van der Waals surface area contributed by atoms with Crippen LogP contribution in [0.2, 0.25) is 0 Å². The summed E-state index contributed by atoms with van der Waals surface area (Å²) in [6, 6.07) is 1.20. The van der Waals surface area contributed by atoms with Crippen LogP contribution in [0.25, 0.3) is 6.08 Å². The smallest absolute Gasteiger partial charge is 0.328 e. The number of carbonyl (C=O) groups excluding carboxylic acids is 1. The molecule has 1 aliphatic rings. The van der Waals surface area contributed by atoms with Crippen LogP contribution in [0.5, 0.6) is 0 Å². The summed E-state index contributed by atoms with van der Waals surface area (Å²) in [5.41, 5.74) is 0.875. The average Bonchev–Trinajstić information content (AvgIpc) is 2.52. The summed E-state index contributed by atoms with van der Waals surface area (Å²) in [5, 5.41) is 17.9. The zero-order valence-electron chi connectivity index (χ0n) is 11.3. The monoisotopic (exact) mass is 292 g/mol. The highest BCUT2D eigenvalue weighted by molar-refractivity contribution is 5.95. The van der Waals surface area contributed by atoms with Crippen molar-refractivity contribution in [3.8, 4) is 0 Å². The van der Waals surface area contributed by atoms with E-state index in [9.17, 15) is 14.7 Å². The number of aromatic nitrogens is 1. The molecule has 0 aromatic carbocycles. The number of aliphatic hydroxyl groups excluding tert-OH is 1. The Morgan fingerprint density at radius 3 is 3.00 bits per heavy atom. The number of carbonyl (C=O) groups is 2. The maximum absolute atomic E-state index is 12.4. The van der Waals surface area contributed by atoms with Crippen molar-refractivity contribution in [2.75, 3.05) is 26.4 Å². The van der Waals surface area contributed by atoms with Crippen molar-refractivity contribution in [2.24, 2.45) is 0 Å². The molecule has 2 N–H and O–H groups in total. The Morgan fingerprint density at radius 1 is 1.48 bits per heavy atom. The van der Waals surface area contributed by atoms with E-state index in [0.29, 0.717) is 30.9 Å². The number of rotatable bonds is 4. The lowest BCUT2D eigenvalue weighted by Gasteiger charge is -2.34. The van der Waals surface area contributed by atoms with Crippen molar-refractivity contribution in [3.63, 3.8) is 0 Å². The second kappa shape index (κ2) is 6.96. The third kappa shape index (κ3) is 3.87. The first-order valence-electron chi connectivity index (χ1n) is 6.47. The number of amides is 1. The highest BCUT2D eigenvalue weighted by Gasteiger charge is 2.27. The van der Waals surface area contributed by atoms with Crippen molar-refractivity contribution in [1.82, 2.24) is 9.88 Å². The van der Waals surface area contributed by atoms with Crippen LogP contribution in [0.4, 0.5) is 0 Å². The molecule has 1 amide bonds. The van der Waals surface area contributed by atoms with Crippen molar-refractivity contribution in [1.29, 1.82) is 0 Å². The minimum absolute atomic E-state index is 0.169. The number of aliphatic hydroxyl groups is 1. The number of carboxylic acids is 1. The fourth-order valence-electron chi connectivity index (χ4n) is 2.07. The molecular formula is C14H16N2O5. The number of ether oxygens (including phenoxy) is 1. The number of carboxylic acid groups (broad SMARTS) is 1. The second-order valence-electron chi connectivity index (χ2n) is 4.59. The van der Waals surface area contributed by atoms with E-state index in [0.717, 1.165) is 6.08 Å². The zero-order valence-corrected chi connectivity index (χ0v) is 11.3. The molecule has 1 aromatic heterocycles. The van der Waals surface area contributed by atoms with Crippen LogP contribution < -0.4 is 0 Å². The SMILES string of the molecule is O=C(O)/C=C/c1cncc(C(=O)N2CCOCC2CO)c1. The van der Waals surface area contributed by atoms with Gasteiger partial charge in [-0.25, -0.2) is 4.79 Å².